The summed E-state index contributed by atoms with van der Waals surface area (Å²) in [6.45, 7) is 0. The first-order chi connectivity index (χ1) is 12.2. The molecule has 0 atom stereocenters. The molecule has 0 saturated heterocycles. The average Bonchev–Trinajstić information content (AvgIpc) is 2.98. The van der Waals surface area contributed by atoms with Gasteiger partial charge in [-0.15, -0.1) is 10.2 Å². The second-order valence-corrected chi connectivity index (χ2v) is 5.88. The van der Waals surface area contributed by atoms with Crippen LogP contribution in [0.4, 0.5) is 11.5 Å². The van der Waals surface area contributed by atoms with E-state index in [1.165, 1.54) is 0 Å². The van der Waals surface area contributed by atoms with Crippen LogP contribution in [0.25, 0.3) is 16.9 Å². The number of halogens is 1. The quantitative estimate of drug-likeness (QED) is 0.477. The van der Waals surface area contributed by atoms with Gasteiger partial charge in [-0.2, -0.15) is 0 Å². The number of phenols is 1. The van der Waals surface area contributed by atoms with E-state index in [-0.39, 0.29) is 5.75 Å². The lowest BCUT2D eigenvalue weighted by Gasteiger charge is -2.00. The molecule has 0 fully saturated rings. The van der Waals surface area contributed by atoms with E-state index in [4.69, 9.17) is 11.6 Å². The molecule has 4 aromatic rings. The molecule has 2 aromatic carbocycles. The first-order valence-corrected chi connectivity index (χ1v) is 8.02. The minimum absolute atomic E-state index is 0.140. The Labute approximate surface area is 148 Å². The fourth-order valence-corrected chi connectivity index (χ4v) is 2.71. The molecule has 2 aromatic heterocycles. The normalized spacial score (nSPS) is 11.4. The van der Waals surface area contributed by atoms with Gasteiger partial charge in [-0.3, -0.25) is 4.40 Å². The smallest absolute Gasteiger partial charge is 0.187 e. The predicted octanol–water partition coefficient (Wildman–Crippen LogP) is 5.78. The van der Waals surface area contributed by atoms with Gasteiger partial charge in [0.1, 0.15) is 17.1 Å². The van der Waals surface area contributed by atoms with Crippen LogP contribution in [0.2, 0.25) is 5.02 Å². The van der Waals surface area contributed by atoms with E-state index in [9.17, 15) is 5.11 Å². The maximum absolute atomic E-state index is 9.57. The van der Waals surface area contributed by atoms with Crippen molar-refractivity contribution in [1.82, 2.24) is 9.38 Å². The van der Waals surface area contributed by atoms with E-state index in [1.807, 2.05) is 36.4 Å². The summed E-state index contributed by atoms with van der Waals surface area (Å²) < 4.78 is 1.80. The molecule has 0 bridgehead atoms. The van der Waals surface area contributed by atoms with E-state index >= 15 is 0 Å². The third-order valence-corrected chi connectivity index (χ3v) is 3.92. The Morgan fingerprint density at radius 3 is 2.56 bits per heavy atom. The van der Waals surface area contributed by atoms with E-state index < -0.39 is 0 Å². The number of imidazole rings is 1. The highest BCUT2D eigenvalue weighted by molar-refractivity contribution is 6.30. The molecule has 5 nitrogen and oxygen atoms in total. The van der Waals surface area contributed by atoms with Crippen LogP contribution < -0.4 is 0 Å². The highest BCUT2D eigenvalue weighted by Crippen LogP contribution is 2.33. The number of hydrogen-bond acceptors (Lipinski definition) is 4. The van der Waals surface area contributed by atoms with Crippen molar-refractivity contribution in [3.63, 3.8) is 0 Å². The minimum Gasteiger partial charge on any atom is -0.508 e. The zero-order valence-electron chi connectivity index (χ0n) is 13.0. The second kappa shape index (κ2) is 6.37. The van der Waals surface area contributed by atoms with Crippen molar-refractivity contribution in [2.75, 3.05) is 0 Å². The van der Waals surface area contributed by atoms with Crippen LogP contribution in [0.5, 0.6) is 5.75 Å². The first-order valence-electron chi connectivity index (χ1n) is 7.64. The van der Waals surface area contributed by atoms with Crippen LogP contribution in [0, 0.1) is 0 Å². The van der Waals surface area contributed by atoms with Gasteiger partial charge in [0.15, 0.2) is 5.82 Å². The van der Waals surface area contributed by atoms with Crippen molar-refractivity contribution in [2.45, 2.75) is 0 Å². The van der Waals surface area contributed by atoms with Gasteiger partial charge in [-0.1, -0.05) is 48.0 Å². The Morgan fingerprint density at radius 2 is 1.76 bits per heavy atom. The third-order valence-electron chi connectivity index (χ3n) is 3.69. The molecule has 0 amide bonds. The molecular weight excluding hydrogens is 336 g/mol. The maximum Gasteiger partial charge on any atom is 0.187 e. The zero-order valence-corrected chi connectivity index (χ0v) is 13.8. The van der Waals surface area contributed by atoms with Gasteiger partial charge < -0.3 is 5.11 Å². The molecule has 0 spiro atoms. The molecule has 122 valence electrons. The first kappa shape index (κ1) is 15.4. The van der Waals surface area contributed by atoms with Gasteiger partial charge in [-0.05, 0) is 24.3 Å². The highest BCUT2D eigenvalue weighted by atomic mass is 35.5. The number of fused-ring (bicyclic) bond motifs is 1. The summed E-state index contributed by atoms with van der Waals surface area (Å²) >= 11 is 6.13. The Morgan fingerprint density at radius 1 is 0.920 bits per heavy atom. The molecule has 0 saturated carbocycles. The summed E-state index contributed by atoms with van der Waals surface area (Å²) in [6.07, 6.45) is 1.76. The predicted molar refractivity (Wildman–Crippen MR) is 97.9 cm³/mol. The largest absolute Gasteiger partial charge is 0.508 e. The third kappa shape index (κ3) is 3.09. The van der Waals surface area contributed by atoms with Crippen molar-refractivity contribution in [1.29, 1.82) is 0 Å². The molecule has 0 unspecified atom stereocenters. The molecule has 0 aliphatic carbocycles. The zero-order chi connectivity index (χ0) is 17.2. The van der Waals surface area contributed by atoms with Crippen molar-refractivity contribution in [3.05, 3.63) is 77.9 Å². The van der Waals surface area contributed by atoms with Crippen LogP contribution in [0.1, 0.15) is 0 Å². The Balaban J connectivity index is 1.89. The Kier molecular flexibility index (Phi) is 3.91. The summed E-state index contributed by atoms with van der Waals surface area (Å²) in [5.74, 6) is 0.716. The SMILES string of the molecule is Oc1cccc(N=Nc2c(-c3ccccc3)nc3ccc(Cl)cn23)c1. The topological polar surface area (TPSA) is 62.2 Å². The number of aromatic hydroxyl groups is 1. The molecule has 6 heteroatoms. The molecule has 25 heavy (non-hydrogen) atoms. The van der Waals surface area contributed by atoms with Crippen LogP contribution >= 0.6 is 11.6 Å². The van der Waals surface area contributed by atoms with Crippen molar-refractivity contribution >= 4 is 28.8 Å². The number of benzene rings is 2. The fraction of sp³-hybridized carbons (Fsp3) is 0. The number of pyridine rings is 1. The molecular formula is C19H13ClN4O. The molecule has 0 aliphatic heterocycles. The number of aromatic nitrogens is 2. The second-order valence-electron chi connectivity index (χ2n) is 5.45. The average molecular weight is 349 g/mol. The number of azo groups is 1. The summed E-state index contributed by atoms with van der Waals surface area (Å²) in [5.41, 5.74) is 2.93. The lowest BCUT2D eigenvalue weighted by molar-refractivity contribution is 0.475. The van der Waals surface area contributed by atoms with Crippen molar-refractivity contribution in [2.24, 2.45) is 10.2 Å². The summed E-state index contributed by atoms with van der Waals surface area (Å²) in [5, 5.41) is 18.8. The summed E-state index contributed by atoms with van der Waals surface area (Å²) in [6, 6.07) is 20.0. The summed E-state index contributed by atoms with van der Waals surface area (Å²) in [7, 11) is 0. The van der Waals surface area contributed by atoms with E-state index in [0.717, 1.165) is 11.2 Å². The number of nitrogens with zero attached hydrogens (tertiary/aromatic N) is 4. The lowest BCUT2D eigenvalue weighted by atomic mass is 10.1. The number of rotatable bonds is 3. The Bertz CT molecular complexity index is 1070. The molecule has 0 aliphatic rings. The minimum atomic E-state index is 0.140. The molecule has 1 N–H and O–H groups in total. The van der Waals surface area contributed by atoms with Gasteiger partial charge in [0.25, 0.3) is 0 Å². The maximum atomic E-state index is 9.57. The van der Waals surface area contributed by atoms with E-state index in [2.05, 4.69) is 15.2 Å². The van der Waals surface area contributed by atoms with Gasteiger partial charge >= 0.3 is 0 Å². The highest BCUT2D eigenvalue weighted by Gasteiger charge is 2.14. The van der Waals surface area contributed by atoms with Gasteiger partial charge in [0, 0.05) is 17.8 Å². The number of phenolic OH excluding ortho intramolecular Hbond substituents is 1. The van der Waals surface area contributed by atoms with E-state index in [0.29, 0.717) is 22.2 Å². The fourth-order valence-electron chi connectivity index (χ4n) is 2.55. The molecule has 2 heterocycles. The van der Waals surface area contributed by atoms with Crippen LogP contribution in [0.3, 0.4) is 0 Å². The lowest BCUT2D eigenvalue weighted by Crippen LogP contribution is -1.83. The van der Waals surface area contributed by atoms with Gasteiger partial charge in [0.2, 0.25) is 0 Å². The van der Waals surface area contributed by atoms with Crippen LogP contribution in [0.15, 0.2) is 83.2 Å². The van der Waals surface area contributed by atoms with Crippen LogP contribution in [-0.4, -0.2) is 14.5 Å². The number of hydrogen-bond donors (Lipinski definition) is 1. The van der Waals surface area contributed by atoms with Crippen molar-refractivity contribution in [3.8, 4) is 17.0 Å². The van der Waals surface area contributed by atoms with Gasteiger partial charge in [0.05, 0.1) is 10.7 Å². The Hall–Kier alpha value is -3.18. The van der Waals surface area contributed by atoms with Crippen LogP contribution in [-0.2, 0) is 0 Å². The van der Waals surface area contributed by atoms with Crippen molar-refractivity contribution < 1.29 is 5.11 Å². The molecule has 4 rings (SSSR count). The molecule has 0 radical (unpaired) electrons. The van der Waals surface area contributed by atoms with Gasteiger partial charge in [-0.25, -0.2) is 4.98 Å². The standard InChI is InChI=1S/C19H13ClN4O/c20-14-9-10-17-21-18(13-5-2-1-3-6-13)19(24(17)12-14)23-22-15-7-4-8-16(25)11-15/h1-12,25H. The summed E-state index contributed by atoms with van der Waals surface area (Å²) in [4.78, 5) is 4.66. The van der Waals surface area contributed by atoms with E-state index in [1.54, 1.807) is 40.9 Å². The monoisotopic (exact) mass is 348 g/mol.